The Kier molecular flexibility index (Phi) is 2.49. The van der Waals surface area contributed by atoms with Gasteiger partial charge < -0.3 is 5.11 Å². The van der Waals surface area contributed by atoms with Gasteiger partial charge in [0.25, 0.3) is 0 Å². The van der Waals surface area contributed by atoms with E-state index in [1.165, 1.54) is 11.1 Å². The van der Waals surface area contributed by atoms with E-state index in [0.717, 1.165) is 12.8 Å². The second-order valence-electron chi connectivity index (χ2n) is 4.88. The van der Waals surface area contributed by atoms with Crippen LogP contribution >= 0.6 is 0 Å². The molecule has 2 aromatic carbocycles. The Morgan fingerprint density at radius 3 is 1.53 bits per heavy atom. The van der Waals surface area contributed by atoms with Crippen LogP contribution in [0.3, 0.4) is 0 Å². The number of hydrogen-bond donors (Lipinski definition) is 1. The third kappa shape index (κ3) is 1.67. The zero-order valence-electron chi connectivity index (χ0n) is 9.71. The molecule has 1 fully saturated rings. The van der Waals surface area contributed by atoms with Gasteiger partial charge in [0.1, 0.15) is 0 Å². The van der Waals surface area contributed by atoms with E-state index in [4.69, 9.17) is 0 Å². The molecule has 1 aliphatic rings. The van der Waals surface area contributed by atoms with E-state index in [1.807, 2.05) is 12.1 Å². The first-order valence-corrected chi connectivity index (χ1v) is 6.10. The van der Waals surface area contributed by atoms with Gasteiger partial charge in [-0.05, 0) is 24.0 Å². The summed E-state index contributed by atoms with van der Waals surface area (Å²) in [6.45, 7) is 0. The van der Waals surface area contributed by atoms with Crippen LogP contribution in [0.1, 0.15) is 24.0 Å². The van der Waals surface area contributed by atoms with Crippen LogP contribution in [0.5, 0.6) is 0 Å². The van der Waals surface area contributed by atoms with E-state index in [1.54, 1.807) is 0 Å². The molecule has 1 heteroatoms. The molecule has 17 heavy (non-hydrogen) atoms. The lowest BCUT2D eigenvalue weighted by molar-refractivity contribution is 0.0377. The summed E-state index contributed by atoms with van der Waals surface area (Å²) >= 11 is 0. The highest BCUT2D eigenvalue weighted by molar-refractivity contribution is 5.42. The van der Waals surface area contributed by atoms with E-state index in [2.05, 4.69) is 48.5 Å². The summed E-state index contributed by atoms with van der Waals surface area (Å²) in [4.78, 5) is 0. The molecule has 0 radical (unpaired) electrons. The number of benzene rings is 2. The Labute approximate surface area is 102 Å². The Morgan fingerprint density at radius 1 is 0.765 bits per heavy atom. The van der Waals surface area contributed by atoms with Crippen LogP contribution in [-0.2, 0) is 5.41 Å². The highest BCUT2D eigenvalue weighted by atomic mass is 16.3. The molecule has 0 heterocycles. The third-order valence-electron chi connectivity index (χ3n) is 3.82. The van der Waals surface area contributed by atoms with Gasteiger partial charge in [0.05, 0.1) is 6.10 Å². The maximum atomic E-state index is 9.71. The molecule has 0 unspecified atom stereocenters. The molecule has 1 saturated carbocycles. The van der Waals surface area contributed by atoms with Crippen molar-refractivity contribution < 1.29 is 5.11 Å². The van der Waals surface area contributed by atoms with E-state index < -0.39 is 0 Å². The molecule has 1 aliphatic carbocycles. The molecule has 0 bridgehead atoms. The maximum absolute atomic E-state index is 9.71. The van der Waals surface area contributed by atoms with Gasteiger partial charge in [0, 0.05) is 5.41 Å². The molecule has 0 atom stereocenters. The summed E-state index contributed by atoms with van der Waals surface area (Å²) in [7, 11) is 0. The van der Waals surface area contributed by atoms with Crippen LogP contribution in [0.15, 0.2) is 60.7 Å². The molecular formula is C16H16O. The standard InChI is InChI=1S/C16H16O/c17-15-11-16(12-15,13-7-3-1-4-8-13)14-9-5-2-6-10-14/h1-10,15,17H,11-12H2. The van der Waals surface area contributed by atoms with E-state index in [0.29, 0.717) is 0 Å². The lowest BCUT2D eigenvalue weighted by Gasteiger charge is -2.46. The van der Waals surface area contributed by atoms with Gasteiger partial charge in [0.15, 0.2) is 0 Å². The van der Waals surface area contributed by atoms with E-state index in [-0.39, 0.29) is 11.5 Å². The third-order valence-corrected chi connectivity index (χ3v) is 3.82. The number of rotatable bonds is 2. The first-order chi connectivity index (χ1) is 8.31. The van der Waals surface area contributed by atoms with Crippen LogP contribution in [0.4, 0.5) is 0 Å². The van der Waals surface area contributed by atoms with Crippen LogP contribution in [0.25, 0.3) is 0 Å². The maximum Gasteiger partial charge on any atom is 0.0563 e. The van der Waals surface area contributed by atoms with Gasteiger partial charge in [-0.1, -0.05) is 60.7 Å². The Balaban J connectivity index is 2.07. The van der Waals surface area contributed by atoms with Crippen molar-refractivity contribution in [1.29, 1.82) is 0 Å². The summed E-state index contributed by atoms with van der Waals surface area (Å²) in [6.07, 6.45) is 1.51. The number of aliphatic hydroxyl groups is 1. The fraction of sp³-hybridized carbons (Fsp3) is 0.250. The largest absolute Gasteiger partial charge is 0.393 e. The molecule has 1 nitrogen and oxygen atoms in total. The van der Waals surface area contributed by atoms with Crippen molar-refractivity contribution in [1.82, 2.24) is 0 Å². The average molecular weight is 224 g/mol. The second-order valence-corrected chi connectivity index (χ2v) is 4.88. The lowest BCUT2D eigenvalue weighted by Crippen LogP contribution is -2.45. The van der Waals surface area contributed by atoms with Crippen molar-refractivity contribution in [2.45, 2.75) is 24.4 Å². The highest BCUT2D eigenvalue weighted by Crippen LogP contribution is 2.48. The van der Waals surface area contributed by atoms with Gasteiger partial charge in [-0.15, -0.1) is 0 Å². The van der Waals surface area contributed by atoms with Crippen molar-refractivity contribution in [3.05, 3.63) is 71.8 Å². The summed E-state index contributed by atoms with van der Waals surface area (Å²) in [6, 6.07) is 21.0. The Morgan fingerprint density at radius 2 is 1.18 bits per heavy atom. The summed E-state index contributed by atoms with van der Waals surface area (Å²) in [5.74, 6) is 0. The molecule has 86 valence electrons. The second kappa shape index (κ2) is 4.01. The van der Waals surface area contributed by atoms with Crippen molar-refractivity contribution in [2.75, 3.05) is 0 Å². The predicted molar refractivity (Wildman–Crippen MR) is 68.9 cm³/mol. The zero-order chi connectivity index (χ0) is 11.7. The predicted octanol–water partition coefficient (Wildman–Crippen LogP) is 3.13. The van der Waals surface area contributed by atoms with Crippen molar-refractivity contribution in [3.8, 4) is 0 Å². The van der Waals surface area contributed by atoms with Gasteiger partial charge in [-0.2, -0.15) is 0 Å². The smallest absolute Gasteiger partial charge is 0.0563 e. The molecule has 0 amide bonds. The van der Waals surface area contributed by atoms with Crippen LogP contribution in [0, 0.1) is 0 Å². The van der Waals surface area contributed by atoms with Crippen LogP contribution < -0.4 is 0 Å². The van der Waals surface area contributed by atoms with Crippen LogP contribution in [0.2, 0.25) is 0 Å². The molecular weight excluding hydrogens is 208 g/mol. The SMILES string of the molecule is OC1CC(c2ccccc2)(c2ccccc2)C1. The van der Waals surface area contributed by atoms with Crippen molar-refractivity contribution in [3.63, 3.8) is 0 Å². The lowest BCUT2D eigenvalue weighted by atomic mass is 9.59. The topological polar surface area (TPSA) is 20.2 Å². The minimum absolute atomic E-state index is 0.0297. The number of aliphatic hydroxyl groups excluding tert-OH is 1. The van der Waals surface area contributed by atoms with Gasteiger partial charge in [0.2, 0.25) is 0 Å². The van der Waals surface area contributed by atoms with Crippen molar-refractivity contribution in [2.24, 2.45) is 0 Å². The monoisotopic (exact) mass is 224 g/mol. The fourth-order valence-electron chi connectivity index (χ4n) is 2.90. The van der Waals surface area contributed by atoms with Gasteiger partial charge in [-0.25, -0.2) is 0 Å². The van der Waals surface area contributed by atoms with E-state index >= 15 is 0 Å². The average Bonchev–Trinajstić information content (AvgIpc) is 2.37. The molecule has 1 N–H and O–H groups in total. The first-order valence-electron chi connectivity index (χ1n) is 6.10. The molecule has 0 aromatic heterocycles. The molecule has 3 rings (SSSR count). The highest BCUT2D eigenvalue weighted by Gasteiger charge is 2.45. The minimum atomic E-state index is -0.157. The summed E-state index contributed by atoms with van der Waals surface area (Å²) in [5.41, 5.74) is 2.66. The summed E-state index contributed by atoms with van der Waals surface area (Å²) in [5, 5.41) is 9.71. The van der Waals surface area contributed by atoms with Gasteiger partial charge >= 0.3 is 0 Å². The quantitative estimate of drug-likeness (QED) is 0.831. The normalized spacial score (nSPS) is 18.6. The minimum Gasteiger partial charge on any atom is -0.393 e. The fourth-order valence-corrected chi connectivity index (χ4v) is 2.90. The molecule has 0 saturated heterocycles. The Bertz CT molecular complexity index is 442. The Hall–Kier alpha value is -1.60. The molecule has 0 spiro atoms. The summed E-state index contributed by atoms with van der Waals surface area (Å²) < 4.78 is 0. The first kappa shape index (κ1) is 10.5. The van der Waals surface area contributed by atoms with Crippen molar-refractivity contribution >= 4 is 0 Å². The van der Waals surface area contributed by atoms with E-state index in [9.17, 15) is 5.11 Å². The number of hydrogen-bond acceptors (Lipinski definition) is 1. The molecule has 2 aromatic rings. The van der Waals surface area contributed by atoms with Gasteiger partial charge in [-0.3, -0.25) is 0 Å². The zero-order valence-corrected chi connectivity index (χ0v) is 9.71. The van der Waals surface area contributed by atoms with Crippen LogP contribution in [-0.4, -0.2) is 11.2 Å². The molecule has 0 aliphatic heterocycles.